The number of nitrogens with two attached hydrogens (primary N) is 1. The second kappa shape index (κ2) is 4.35. The highest BCUT2D eigenvalue weighted by atomic mass is 16.6. The second-order valence-electron chi connectivity index (χ2n) is 5.78. The number of benzene rings is 1. The van der Waals surface area contributed by atoms with E-state index in [1.807, 2.05) is 12.1 Å². The minimum Gasteiger partial charge on any atom is -0.327 e. The lowest BCUT2D eigenvalue weighted by molar-refractivity contribution is -0.384. The molecule has 2 N–H and O–H groups in total. The number of non-ortho nitro benzene ring substituents is 1. The average Bonchev–Trinajstić information content (AvgIpc) is 2.96. The third-order valence-electron chi connectivity index (χ3n) is 4.50. The number of rotatable bonds is 4. The third kappa shape index (κ3) is 2.25. The molecule has 0 saturated heterocycles. The maximum atomic E-state index is 10.6. The highest BCUT2D eigenvalue weighted by molar-refractivity contribution is 5.33. The van der Waals surface area contributed by atoms with E-state index in [-0.39, 0.29) is 16.7 Å². The van der Waals surface area contributed by atoms with Crippen LogP contribution in [0.25, 0.3) is 0 Å². The number of nitrogens with zero attached hydrogens (tertiary/aromatic N) is 1. The molecule has 18 heavy (non-hydrogen) atoms. The zero-order valence-corrected chi connectivity index (χ0v) is 10.3. The molecule has 0 heterocycles. The SMILES string of the molecule is NC(Cc1ccc([N+](=O)[O-])cc1)C1CC2CC2C1. The van der Waals surface area contributed by atoms with Crippen LogP contribution in [0.4, 0.5) is 5.69 Å². The molecule has 4 nitrogen and oxygen atoms in total. The van der Waals surface area contributed by atoms with Gasteiger partial charge in [0.2, 0.25) is 0 Å². The molecule has 2 aliphatic rings. The smallest absolute Gasteiger partial charge is 0.269 e. The summed E-state index contributed by atoms with van der Waals surface area (Å²) in [6, 6.07) is 6.99. The van der Waals surface area contributed by atoms with Crippen LogP contribution in [0.3, 0.4) is 0 Å². The van der Waals surface area contributed by atoms with Crippen molar-refractivity contribution < 1.29 is 4.92 Å². The number of nitro benzene ring substituents is 1. The lowest BCUT2D eigenvalue weighted by Gasteiger charge is -2.20. The maximum absolute atomic E-state index is 10.6. The topological polar surface area (TPSA) is 69.2 Å². The predicted molar refractivity (Wildman–Crippen MR) is 69.1 cm³/mol. The number of hydrogen-bond donors (Lipinski definition) is 1. The standard InChI is InChI=1S/C14H18N2O2/c15-14(12-7-10-6-11(10)8-12)5-9-1-3-13(4-2-9)16(17)18/h1-4,10-12,14H,5-8,15H2. The largest absolute Gasteiger partial charge is 0.327 e. The zero-order chi connectivity index (χ0) is 12.7. The van der Waals surface area contributed by atoms with Crippen molar-refractivity contribution in [3.05, 3.63) is 39.9 Å². The fraction of sp³-hybridized carbons (Fsp3) is 0.571. The first-order valence-corrected chi connectivity index (χ1v) is 6.62. The molecule has 0 aliphatic heterocycles. The van der Waals surface area contributed by atoms with Gasteiger partial charge in [-0.15, -0.1) is 0 Å². The molecule has 1 aromatic rings. The fourth-order valence-electron chi connectivity index (χ4n) is 3.30. The van der Waals surface area contributed by atoms with Crippen molar-refractivity contribution in [3.63, 3.8) is 0 Å². The molecular weight excluding hydrogens is 228 g/mol. The molecule has 3 atom stereocenters. The average molecular weight is 246 g/mol. The van der Waals surface area contributed by atoms with Gasteiger partial charge in [-0.05, 0) is 49.0 Å². The first-order valence-electron chi connectivity index (χ1n) is 6.62. The molecular formula is C14H18N2O2. The maximum Gasteiger partial charge on any atom is 0.269 e. The minimum absolute atomic E-state index is 0.148. The van der Waals surface area contributed by atoms with Crippen LogP contribution < -0.4 is 5.73 Å². The van der Waals surface area contributed by atoms with Gasteiger partial charge < -0.3 is 5.73 Å². The number of fused-ring (bicyclic) bond motifs is 1. The summed E-state index contributed by atoms with van der Waals surface area (Å²) in [5, 5.41) is 10.6. The highest BCUT2D eigenvalue weighted by Crippen LogP contribution is 2.55. The van der Waals surface area contributed by atoms with E-state index in [9.17, 15) is 10.1 Å². The van der Waals surface area contributed by atoms with Gasteiger partial charge in [0.1, 0.15) is 0 Å². The van der Waals surface area contributed by atoms with Gasteiger partial charge in [0.05, 0.1) is 4.92 Å². The van der Waals surface area contributed by atoms with Crippen LogP contribution in [0.5, 0.6) is 0 Å². The summed E-state index contributed by atoms with van der Waals surface area (Å²) in [5.74, 6) is 2.57. The van der Waals surface area contributed by atoms with E-state index < -0.39 is 0 Å². The van der Waals surface area contributed by atoms with Crippen LogP contribution >= 0.6 is 0 Å². The second-order valence-corrected chi connectivity index (χ2v) is 5.78. The Morgan fingerprint density at radius 2 is 1.83 bits per heavy atom. The van der Waals surface area contributed by atoms with E-state index in [4.69, 9.17) is 5.73 Å². The van der Waals surface area contributed by atoms with E-state index in [1.165, 1.54) is 19.3 Å². The molecule has 3 unspecified atom stereocenters. The first kappa shape index (κ1) is 11.7. The van der Waals surface area contributed by atoms with E-state index >= 15 is 0 Å². The summed E-state index contributed by atoms with van der Waals surface area (Å²) < 4.78 is 0. The van der Waals surface area contributed by atoms with Gasteiger partial charge in [-0.2, -0.15) is 0 Å². The van der Waals surface area contributed by atoms with Gasteiger partial charge >= 0.3 is 0 Å². The first-order chi connectivity index (χ1) is 8.63. The molecule has 2 saturated carbocycles. The Hall–Kier alpha value is -1.42. The van der Waals surface area contributed by atoms with Crippen molar-refractivity contribution in [2.24, 2.45) is 23.5 Å². The van der Waals surface area contributed by atoms with Gasteiger partial charge in [0.15, 0.2) is 0 Å². The minimum atomic E-state index is -0.367. The molecule has 0 spiro atoms. The van der Waals surface area contributed by atoms with Crippen LogP contribution in [-0.2, 0) is 6.42 Å². The third-order valence-corrected chi connectivity index (χ3v) is 4.50. The van der Waals surface area contributed by atoms with Gasteiger partial charge in [-0.3, -0.25) is 10.1 Å². The molecule has 1 aromatic carbocycles. The number of nitro groups is 1. The monoisotopic (exact) mass is 246 g/mol. The molecule has 3 rings (SSSR count). The van der Waals surface area contributed by atoms with Gasteiger partial charge in [-0.25, -0.2) is 0 Å². The summed E-state index contributed by atoms with van der Waals surface area (Å²) >= 11 is 0. The Kier molecular flexibility index (Phi) is 2.82. The summed E-state index contributed by atoms with van der Waals surface area (Å²) in [4.78, 5) is 10.2. The lowest BCUT2D eigenvalue weighted by Crippen LogP contribution is -2.31. The van der Waals surface area contributed by atoms with Crippen LogP contribution in [-0.4, -0.2) is 11.0 Å². The highest BCUT2D eigenvalue weighted by Gasteiger charge is 2.47. The summed E-state index contributed by atoms with van der Waals surface area (Å²) in [6.07, 6.45) is 4.83. The van der Waals surface area contributed by atoms with Crippen molar-refractivity contribution >= 4 is 5.69 Å². The van der Waals surface area contributed by atoms with Crippen molar-refractivity contribution in [1.29, 1.82) is 0 Å². The molecule has 0 amide bonds. The Labute approximate surface area is 106 Å². The van der Waals surface area contributed by atoms with Crippen LogP contribution in [0, 0.1) is 27.9 Å². The Balaban J connectivity index is 1.59. The van der Waals surface area contributed by atoms with E-state index in [0.29, 0.717) is 5.92 Å². The van der Waals surface area contributed by atoms with Crippen molar-refractivity contribution in [3.8, 4) is 0 Å². The van der Waals surface area contributed by atoms with Crippen LogP contribution in [0.1, 0.15) is 24.8 Å². The Morgan fingerprint density at radius 3 is 2.39 bits per heavy atom. The fourth-order valence-corrected chi connectivity index (χ4v) is 3.30. The van der Waals surface area contributed by atoms with Crippen molar-refractivity contribution in [1.82, 2.24) is 0 Å². The normalized spacial score (nSPS) is 30.8. The van der Waals surface area contributed by atoms with E-state index in [1.54, 1.807) is 12.1 Å². The van der Waals surface area contributed by atoms with Crippen molar-refractivity contribution in [2.45, 2.75) is 31.7 Å². The molecule has 0 bridgehead atoms. The Morgan fingerprint density at radius 1 is 1.22 bits per heavy atom. The summed E-state index contributed by atoms with van der Waals surface area (Å²) in [5.41, 5.74) is 7.51. The van der Waals surface area contributed by atoms with Crippen LogP contribution in [0.15, 0.2) is 24.3 Å². The van der Waals surface area contributed by atoms with E-state index in [0.717, 1.165) is 23.8 Å². The predicted octanol–water partition coefficient (Wildman–Crippen LogP) is 2.51. The van der Waals surface area contributed by atoms with Gasteiger partial charge in [-0.1, -0.05) is 12.1 Å². The quantitative estimate of drug-likeness (QED) is 0.655. The molecule has 96 valence electrons. The van der Waals surface area contributed by atoms with Crippen molar-refractivity contribution in [2.75, 3.05) is 0 Å². The molecule has 0 aromatic heterocycles. The van der Waals surface area contributed by atoms with E-state index in [2.05, 4.69) is 0 Å². The molecule has 0 radical (unpaired) electrons. The molecule has 2 aliphatic carbocycles. The summed E-state index contributed by atoms with van der Waals surface area (Å²) in [7, 11) is 0. The van der Waals surface area contributed by atoms with Gasteiger partial charge in [0.25, 0.3) is 5.69 Å². The zero-order valence-electron chi connectivity index (χ0n) is 10.3. The number of hydrogen-bond acceptors (Lipinski definition) is 3. The molecule has 4 heteroatoms. The summed E-state index contributed by atoms with van der Waals surface area (Å²) in [6.45, 7) is 0. The Bertz CT molecular complexity index is 447. The van der Waals surface area contributed by atoms with Crippen LogP contribution in [0.2, 0.25) is 0 Å². The van der Waals surface area contributed by atoms with Gasteiger partial charge in [0, 0.05) is 18.2 Å². The molecule has 2 fully saturated rings. The lowest BCUT2D eigenvalue weighted by atomic mass is 9.90.